The van der Waals surface area contributed by atoms with Crippen LogP contribution in [-0.4, -0.2) is 366 Å². The number of nitrogens with two attached hydrogens (primary N) is 1. The lowest BCUT2D eigenvalue weighted by molar-refractivity contribution is -0.664. The lowest BCUT2D eigenvalue weighted by Crippen LogP contribution is -2.95. The summed E-state index contributed by atoms with van der Waals surface area (Å²) >= 11 is 0. The van der Waals surface area contributed by atoms with Crippen LogP contribution in [0.2, 0.25) is 6.82 Å². The maximum Gasteiger partial charge on any atom is 0.432 e. The number of nitrogens with one attached hydrogen (secondary N) is 3. The third-order valence-electron chi connectivity index (χ3n) is 18.4. The topological polar surface area (TPSA) is 403 Å². The summed E-state index contributed by atoms with van der Waals surface area (Å²) in [4.78, 5) is 104. The number of hydroxylamine groups is 2. The number of quaternary nitrogens is 2. The molecule has 9 saturated heterocycles. The van der Waals surface area contributed by atoms with E-state index in [1.54, 1.807) is 12.1 Å². The smallest absolute Gasteiger partial charge is 0.432 e. The van der Waals surface area contributed by atoms with Gasteiger partial charge in [0.2, 0.25) is 0 Å². The van der Waals surface area contributed by atoms with Crippen molar-refractivity contribution in [2.45, 2.75) is 164 Å². The molecule has 0 saturated carbocycles. The minimum absolute atomic E-state index is 0.0136. The molecule has 0 bridgehead atoms. The SMILES string of the molecule is CB(O)N[C@H]1CCCN(CCN(C)C)CC1.CN(C)CCN1CCC[C@H](NC(=O)N2CC[C@@H]3[C@H]2C(=O)N3S(=O)(=O)O)CC1.CN(C)CCN1CCC[C@H](NC(=O)ON2C(=O)CCC2=O)CC1.CN(C)CCN1CCC[C@H]([NH3+])CC1.O=C([O-])C(F)(F)F.O=C1[C@H]2[NH2+]CC[C@H]2N1S(=O)(=O)[O-]. The third kappa shape index (κ3) is 30.1. The number of likely N-dealkylation sites (tertiary alicyclic amines) is 5. The van der Waals surface area contributed by atoms with Gasteiger partial charge in [-0.05, 0) is 173 Å². The van der Waals surface area contributed by atoms with E-state index in [9.17, 15) is 68.4 Å². The maximum absolute atomic E-state index is 12.6. The Hall–Kier alpha value is -4.72. The number of urea groups is 1. The summed E-state index contributed by atoms with van der Waals surface area (Å²) in [6, 6.07) is -1.18. The molecule has 0 aromatic heterocycles. The third-order valence-corrected chi connectivity index (χ3v) is 20.3. The number of carboxylic acid groups (broad SMARTS) is 1. The molecule has 0 aliphatic carbocycles. The number of nitrogens with zero attached hydrogens (tertiary/aromatic N) is 12. The van der Waals surface area contributed by atoms with E-state index in [-0.39, 0.29) is 50.1 Å². The van der Waals surface area contributed by atoms with Gasteiger partial charge in [0.15, 0.2) is 16.3 Å². The summed E-state index contributed by atoms with van der Waals surface area (Å²) in [5.41, 5.74) is 4.15. The fourth-order valence-corrected chi connectivity index (χ4v) is 14.6. The number of carboxylic acids is 1. The first-order valence-electron chi connectivity index (χ1n) is 34.2. The van der Waals surface area contributed by atoms with E-state index in [2.05, 4.69) is 117 Å². The molecule has 0 aromatic rings. The highest BCUT2D eigenvalue weighted by Crippen LogP contribution is 2.36. The van der Waals surface area contributed by atoms with E-state index in [1.165, 1.54) is 69.7 Å². The van der Waals surface area contributed by atoms with Crippen LogP contribution in [0.1, 0.15) is 103 Å². The van der Waals surface area contributed by atoms with E-state index < -0.39 is 74.6 Å². The monoisotopic (exact) mass is 1450 g/mol. The molecule has 39 heteroatoms. The zero-order chi connectivity index (χ0) is 73.2. The van der Waals surface area contributed by atoms with Gasteiger partial charge in [-0.3, -0.25) is 23.7 Å². The molecule has 8 atom stereocenters. The zero-order valence-electron chi connectivity index (χ0n) is 58.9. The Bertz CT molecular complexity index is 2740. The van der Waals surface area contributed by atoms with Gasteiger partial charge in [0.05, 0.1) is 18.6 Å². The van der Waals surface area contributed by atoms with Crippen molar-refractivity contribution >= 4 is 69.4 Å². The summed E-state index contributed by atoms with van der Waals surface area (Å²) in [7, 11) is 7.25. The number of amides is 7. The Morgan fingerprint density at radius 3 is 1.45 bits per heavy atom. The predicted octanol–water partition coefficient (Wildman–Crippen LogP) is -4.57. The van der Waals surface area contributed by atoms with E-state index in [1.807, 2.05) is 0 Å². The fourth-order valence-electron chi connectivity index (χ4n) is 12.8. The van der Waals surface area contributed by atoms with Crippen molar-refractivity contribution < 1.29 is 98.7 Å². The number of carbonyl (C=O) groups excluding carboxylic acids is 7. The molecule has 9 aliphatic rings. The molecule has 9 heterocycles. The van der Waals surface area contributed by atoms with E-state index in [0.29, 0.717) is 51.7 Å². The zero-order valence-corrected chi connectivity index (χ0v) is 60.6. The van der Waals surface area contributed by atoms with Gasteiger partial charge in [-0.25, -0.2) is 26.6 Å². The molecule has 9 aliphatic heterocycles. The number of imide groups is 1. The maximum atomic E-state index is 12.6. The van der Waals surface area contributed by atoms with Crippen molar-refractivity contribution in [3.05, 3.63) is 0 Å². The van der Waals surface area contributed by atoms with Crippen LogP contribution in [-0.2, 0) is 49.4 Å². The van der Waals surface area contributed by atoms with Gasteiger partial charge in [0.1, 0.15) is 18.1 Å². The van der Waals surface area contributed by atoms with Crippen molar-refractivity contribution in [2.75, 3.05) is 174 Å². The molecule has 10 N–H and O–H groups in total. The minimum atomic E-state index is -5.19. The van der Waals surface area contributed by atoms with Crippen molar-refractivity contribution in [1.82, 2.24) is 73.6 Å². The predicted molar refractivity (Wildman–Crippen MR) is 354 cm³/mol. The molecule has 0 aromatic carbocycles. The Morgan fingerprint density at radius 2 is 1.03 bits per heavy atom. The van der Waals surface area contributed by atoms with Crippen molar-refractivity contribution in [2.24, 2.45) is 0 Å². The van der Waals surface area contributed by atoms with Gasteiger partial charge in [-0.15, -0.1) is 5.06 Å². The van der Waals surface area contributed by atoms with Crippen LogP contribution >= 0.6 is 0 Å². The summed E-state index contributed by atoms with van der Waals surface area (Å²) in [6.45, 7) is 20.3. The molecular weight excluding hydrogens is 1330 g/mol. The molecule has 0 spiro atoms. The number of likely N-dealkylation sites (N-methyl/N-ethyl adjacent to an activating group) is 4. The number of aliphatic carboxylic acids is 1. The molecule has 7 amide bonds. The number of rotatable bonds is 19. The fraction of sp³-hybridized carbons (Fsp3) is 0.881. The Morgan fingerprint density at radius 1 is 0.612 bits per heavy atom. The molecule has 0 unspecified atom stereocenters. The second-order valence-corrected chi connectivity index (χ2v) is 30.1. The van der Waals surface area contributed by atoms with Crippen molar-refractivity contribution in [1.29, 1.82) is 0 Å². The highest BCUT2D eigenvalue weighted by molar-refractivity contribution is 7.84. The summed E-state index contributed by atoms with van der Waals surface area (Å²) in [5, 5.41) is 29.4. The van der Waals surface area contributed by atoms with Gasteiger partial charge < -0.3 is 95.3 Å². The number of halogens is 3. The van der Waals surface area contributed by atoms with E-state index in [4.69, 9.17) is 19.3 Å². The van der Waals surface area contributed by atoms with Gasteiger partial charge >= 0.3 is 35.7 Å². The number of carbonyl (C=O) groups is 7. The largest absolute Gasteiger partial charge is 0.731 e. The van der Waals surface area contributed by atoms with Crippen LogP contribution in [0.15, 0.2) is 0 Å². The average molecular weight is 1450 g/mol. The van der Waals surface area contributed by atoms with Gasteiger partial charge in [0.25, 0.3) is 23.6 Å². The van der Waals surface area contributed by atoms with Crippen LogP contribution in [0.4, 0.5) is 22.8 Å². The second kappa shape index (κ2) is 41.4. The highest BCUT2D eigenvalue weighted by atomic mass is 32.2. The van der Waals surface area contributed by atoms with Crippen LogP contribution in [0.5, 0.6) is 0 Å². The number of β-lactam (4-membered cyclic amide) rings is 2. The van der Waals surface area contributed by atoms with E-state index in [0.717, 1.165) is 117 Å². The quantitative estimate of drug-likeness (QED) is 0.0277. The second-order valence-electron chi connectivity index (χ2n) is 27.5. The first kappa shape index (κ1) is 85.7. The minimum Gasteiger partial charge on any atom is -0.731 e. The molecule has 9 rings (SSSR count). The molecular formula is C59H113BF3N17O16S2. The first-order valence-corrected chi connectivity index (χ1v) is 37.0. The summed E-state index contributed by atoms with van der Waals surface area (Å²) < 4.78 is 95.6. The number of hydrogen-bond donors (Lipinski definition) is 7. The number of fused-ring (bicyclic) bond motifs is 2. The Labute approximate surface area is 577 Å². The Balaban J connectivity index is 0.000000261. The van der Waals surface area contributed by atoms with Crippen LogP contribution in [0, 0.1) is 0 Å². The molecule has 9 fully saturated rings. The number of hydrogen-bond acceptors (Lipinski definition) is 24. The van der Waals surface area contributed by atoms with Crippen molar-refractivity contribution in [3.8, 4) is 0 Å². The number of alkyl halides is 3. The van der Waals surface area contributed by atoms with Gasteiger partial charge in [-0.1, -0.05) is 0 Å². The molecule has 566 valence electrons. The standard InChI is InChI=1S/C16H29N5O5S.C15H26N4O4.C11H26BN3O.C10H23N3.C5H8N2O4S.C2HF3O2/c1-18(2)10-11-19-7-3-4-12(5-8-19)17-16(23)20-9-6-13-14(20)15(22)21(13)27(24,25)26;1-17(2)10-11-18-8-3-4-12(7-9-18)16-15(22)23-19-13(20)5-6-14(19)21;1-12(16)13-11-5-4-7-15(8-6-11)10-9-14(2)3;1-12(2)8-9-13-6-3-4-10(11)5-7-13;8-5-4-3(1-2-6-4)7(5)12(9,10)11;3-2(4,5)1(6)7/h12-14H,3-11H2,1-2H3,(H,17,23)(H,24,25,26);12H,3-11H2,1-2H3,(H,16,22);11,13,16H,4-10H2,1-3H3;10H,3-9,11H2,1-2H3;3-4,6H,1-2H2,(H,9,10,11);(H,6,7)/t12-,13+,14-;12-;11-;10-;3-,4+;/m00001./s1. The van der Waals surface area contributed by atoms with E-state index >= 15 is 0 Å². The summed E-state index contributed by atoms with van der Waals surface area (Å²) in [6.07, 6.45) is 8.20. The van der Waals surface area contributed by atoms with Crippen LogP contribution < -0.4 is 32.0 Å². The summed E-state index contributed by atoms with van der Waals surface area (Å²) in [5.74, 6) is -5.22. The van der Waals surface area contributed by atoms with Crippen LogP contribution in [0.3, 0.4) is 0 Å². The first-order chi connectivity index (χ1) is 45.8. The molecule has 98 heavy (non-hydrogen) atoms. The lowest BCUT2D eigenvalue weighted by atomic mass is 9.86. The van der Waals surface area contributed by atoms with Crippen molar-refractivity contribution in [3.63, 3.8) is 0 Å². The average Bonchev–Trinajstić information content (AvgIpc) is 1.46. The Kier molecular flexibility index (Phi) is 36.2. The lowest BCUT2D eigenvalue weighted by Gasteiger charge is -2.42. The van der Waals surface area contributed by atoms with Crippen LogP contribution in [0.25, 0.3) is 0 Å². The highest BCUT2D eigenvalue weighted by Gasteiger charge is 2.60. The van der Waals surface area contributed by atoms with Gasteiger partial charge in [0, 0.05) is 123 Å². The molecule has 0 radical (unpaired) electrons. The molecule has 33 nitrogen and oxygen atoms in total. The normalized spacial score (nSPS) is 26.0. The van der Waals surface area contributed by atoms with Gasteiger partial charge in [-0.2, -0.15) is 21.6 Å².